The van der Waals surface area contributed by atoms with E-state index in [2.05, 4.69) is 9.72 Å². The summed E-state index contributed by atoms with van der Waals surface area (Å²) < 4.78 is 35.2. The molecule has 2 heterocycles. The fourth-order valence-corrected chi connectivity index (χ4v) is 2.91. The Morgan fingerprint density at radius 3 is 2.96 bits per heavy atom. The van der Waals surface area contributed by atoms with Crippen LogP contribution in [0.25, 0.3) is 0 Å². The summed E-state index contributed by atoms with van der Waals surface area (Å²) in [5.74, 6) is -0.125. The van der Waals surface area contributed by atoms with Gasteiger partial charge in [0.25, 0.3) is 5.91 Å². The van der Waals surface area contributed by atoms with Gasteiger partial charge in [-0.15, -0.1) is 0 Å². The average Bonchev–Trinajstić information content (AvgIpc) is 2.61. The van der Waals surface area contributed by atoms with E-state index in [1.807, 2.05) is 0 Å². The number of H-pyrrole nitrogens is 1. The molecule has 3 rings (SSSR count). The van der Waals surface area contributed by atoms with Crippen LogP contribution in [0.2, 0.25) is 0 Å². The van der Waals surface area contributed by atoms with Crippen LogP contribution in [0.4, 0.5) is 8.78 Å². The summed E-state index contributed by atoms with van der Waals surface area (Å²) in [4.78, 5) is 17.2. The summed E-state index contributed by atoms with van der Waals surface area (Å²) in [7, 11) is 0. The van der Waals surface area contributed by atoms with Crippen molar-refractivity contribution in [3.63, 3.8) is 0 Å². The topological polar surface area (TPSA) is 54.6 Å². The maximum atomic E-state index is 12.7. The van der Waals surface area contributed by atoms with Crippen molar-refractivity contribution >= 4 is 18.1 Å². The van der Waals surface area contributed by atoms with Crippen LogP contribution in [0.15, 0.2) is 42.6 Å². The van der Waals surface area contributed by atoms with Gasteiger partial charge in [-0.25, -0.2) is 0 Å². The molecule has 1 amide bonds. The fraction of sp³-hybridized carbons (Fsp3) is 0.294. The Balaban J connectivity index is 1.76. The van der Waals surface area contributed by atoms with E-state index in [-0.39, 0.29) is 11.7 Å². The van der Waals surface area contributed by atoms with Crippen molar-refractivity contribution in [2.75, 3.05) is 19.7 Å². The summed E-state index contributed by atoms with van der Waals surface area (Å²) in [6.45, 7) is -1.80. The average molecular weight is 366 g/mol. The third kappa shape index (κ3) is 4.21. The number of carbonyl (C=O) groups is 1. The summed E-state index contributed by atoms with van der Waals surface area (Å²) in [5, 5.41) is 0. The minimum Gasteiger partial charge on any atom is -0.435 e. The van der Waals surface area contributed by atoms with E-state index in [0.717, 1.165) is 0 Å². The maximum Gasteiger partial charge on any atom is 0.387 e. The number of carbonyl (C=O) groups excluding carboxylic acids is 1. The van der Waals surface area contributed by atoms with E-state index >= 15 is 0 Å². The zero-order valence-corrected chi connectivity index (χ0v) is 14.0. The Hall–Kier alpha value is -2.32. The molecule has 1 atom stereocenters. The second-order valence-electron chi connectivity index (χ2n) is 5.47. The first-order chi connectivity index (χ1) is 12.0. The summed E-state index contributed by atoms with van der Waals surface area (Å²) in [5.41, 5.74) is 1.10. The lowest BCUT2D eigenvalue weighted by molar-refractivity contribution is -0.0504. The van der Waals surface area contributed by atoms with Gasteiger partial charge in [-0.2, -0.15) is 8.78 Å². The van der Waals surface area contributed by atoms with E-state index in [1.54, 1.807) is 35.4 Å². The molecule has 8 heteroatoms. The number of aromatic nitrogens is 1. The number of nitrogens with one attached hydrogen (secondary N) is 1. The Labute approximate surface area is 148 Å². The van der Waals surface area contributed by atoms with Crippen LogP contribution in [0.3, 0.4) is 0 Å². The number of amides is 1. The minimum absolute atomic E-state index is 0.0602. The van der Waals surface area contributed by atoms with Crippen LogP contribution < -0.4 is 4.74 Å². The zero-order chi connectivity index (χ0) is 17.8. The number of hydrogen-bond donors (Lipinski definition) is 1. The third-order valence-electron chi connectivity index (χ3n) is 3.86. The molecule has 0 radical (unpaired) electrons. The number of aromatic amines is 1. The van der Waals surface area contributed by atoms with Crippen LogP contribution in [-0.2, 0) is 4.74 Å². The van der Waals surface area contributed by atoms with E-state index < -0.39 is 12.7 Å². The van der Waals surface area contributed by atoms with E-state index in [0.29, 0.717) is 35.5 Å². The van der Waals surface area contributed by atoms with Gasteiger partial charge in [0.05, 0.1) is 18.7 Å². The third-order valence-corrected chi connectivity index (χ3v) is 4.20. The monoisotopic (exact) mass is 366 g/mol. The van der Waals surface area contributed by atoms with Crippen molar-refractivity contribution in [3.8, 4) is 5.75 Å². The number of nitrogens with zero attached hydrogens (tertiary/aromatic N) is 1. The molecule has 1 N–H and O–H groups in total. The van der Waals surface area contributed by atoms with Gasteiger partial charge in [0.2, 0.25) is 0 Å². The molecule has 1 aromatic heterocycles. The van der Waals surface area contributed by atoms with Crippen LogP contribution in [0, 0.1) is 4.64 Å². The summed E-state index contributed by atoms with van der Waals surface area (Å²) in [6.07, 6.45) is 1.25. The van der Waals surface area contributed by atoms with Crippen LogP contribution in [-0.4, -0.2) is 42.1 Å². The van der Waals surface area contributed by atoms with E-state index in [1.165, 1.54) is 12.1 Å². The summed E-state index contributed by atoms with van der Waals surface area (Å²) in [6, 6.07) is 9.70. The van der Waals surface area contributed by atoms with Crippen molar-refractivity contribution in [1.82, 2.24) is 9.88 Å². The molecule has 0 spiro atoms. The lowest BCUT2D eigenvalue weighted by Gasteiger charge is -2.33. The highest BCUT2D eigenvalue weighted by atomic mass is 32.1. The van der Waals surface area contributed by atoms with Crippen molar-refractivity contribution < 1.29 is 23.0 Å². The lowest BCUT2D eigenvalue weighted by Crippen LogP contribution is -2.42. The number of benzene rings is 1. The lowest BCUT2D eigenvalue weighted by atomic mass is 10.1. The zero-order valence-electron chi connectivity index (χ0n) is 13.2. The standard InChI is InChI=1S/C17H16F2N2O3S/c18-17(19)24-12-4-1-3-11(9-12)14-10-21(7-8-23-14)16(22)13-5-2-6-20-15(13)25/h1-6,9,14,17H,7-8,10H2,(H,20,25)/t14-/m0/s1. The number of pyridine rings is 1. The highest BCUT2D eigenvalue weighted by molar-refractivity contribution is 7.71. The predicted octanol–water partition coefficient (Wildman–Crippen LogP) is 3.56. The maximum absolute atomic E-state index is 12.7. The molecule has 1 fully saturated rings. The second kappa shape index (κ2) is 7.71. The van der Waals surface area contributed by atoms with Gasteiger partial charge in [0.15, 0.2) is 0 Å². The van der Waals surface area contributed by atoms with Gasteiger partial charge >= 0.3 is 6.61 Å². The molecule has 1 saturated heterocycles. The number of morpholine rings is 1. The highest BCUT2D eigenvalue weighted by Gasteiger charge is 2.27. The molecular formula is C17H16F2N2O3S. The largest absolute Gasteiger partial charge is 0.435 e. The van der Waals surface area contributed by atoms with Crippen molar-refractivity contribution in [3.05, 3.63) is 58.4 Å². The van der Waals surface area contributed by atoms with Crippen molar-refractivity contribution in [2.45, 2.75) is 12.7 Å². The Morgan fingerprint density at radius 1 is 1.36 bits per heavy atom. The van der Waals surface area contributed by atoms with Gasteiger partial charge in [-0.3, -0.25) is 4.79 Å². The van der Waals surface area contributed by atoms with Gasteiger partial charge < -0.3 is 19.4 Å². The highest BCUT2D eigenvalue weighted by Crippen LogP contribution is 2.27. The molecule has 5 nitrogen and oxygen atoms in total. The first-order valence-electron chi connectivity index (χ1n) is 7.68. The molecule has 0 aliphatic carbocycles. The molecule has 1 aromatic carbocycles. The smallest absolute Gasteiger partial charge is 0.387 e. The number of halogens is 2. The molecule has 25 heavy (non-hydrogen) atoms. The van der Waals surface area contributed by atoms with Gasteiger partial charge in [0.1, 0.15) is 16.5 Å². The molecule has 0 unspecified atom stereocenters. The van der Waals surface area contributed by atoms with Crippen molar-refractivity contribution in [1.29, 1.82) is 0 Å². The Morgan fingerprint density at radius 2 is 2.20 bits per heavy atom. The van der Waals surface area contributed by atoms with Crippen LogP contribution in [0.5, 0.6) is 5.75 Å². The van der Waals surface area contributed by atoms with Gasteiger partial charge in [-0.1, -0.05) is 24.4 Å². The fourth-order valence-electron chi connectivity index (χ4n) is 2.69. The van der Waals surface area contributed by atoms with Crippen molar-refractivity contribution in [2.24, 2.45) is 0 Å². The number of hydrogen-bond acceptors (Lipinski definition) is 4. The Bertz CT molecular complexity index is 812. The summed E-state index contributed by atoms with van der Waals surface area (Å²) >= 11 is 5.16. The van der Waals surface area contributed by atoms with Crippen LogP contribution in [0.1, 0.15) is 22.0 Å². The first-order valence-corrected chi connectivity index (χ1v) is 8.09. The molecular weight excluding hydrogens is 350 g/mol. The number of rotatable bonds is 4. The molecule has 0 saturated carbocycles. The van der Waals surface area contributed by atoms with Gasteiger partial charge in [0, 0.05) is 12.7 Å². The number of alkyl halides is 2. The molecule has 0 bridgehead atoms. The van der Waals surface area contributed by atoms with E-state index in [9.17, 15) is 13.6 Å². The van der Waals surface area contributed by atoms with Gasteiger partial charge in [-0.05, 0) is 29.8 Å². The molecule has 132 valence electrons. The minimum atomic E-state index is -2.89. The molecule has 2 aromatic rings. The predicted molar refractivity (Wildman–Crippen MR) is 89.3 cm³/mol. The normalized spacial score (nSPS) is 17.6. The molecule has 1 aliphatic heterocycles. The number of ether oxygens (including phenoxy) is 2. The van der Waals surface area contributed by atoms with Crippen LogP contribution >= 0.6 is 12.2 Å². The molecule has 1 aliphatic rings. The quantitative estimate of drug-likeness (QED) is 0.841. The van der Waals surface area contributed by atoms with E-state index in [4.69, 9.17) is 17.0 Å². The second-order valence-corrected chi connectivity index (χ2v) is 5.88. The Kier molecular flexibility index (Phi) is 5.40. The first kappa shape index (κ1) is 17.5. The SMILES string of the molecule is O=C(c1ccc[nH]c1=S)N1CCO[C@H](c2cccc(OC(F)F)c2)C1.